The van der Waals surface area contributed by atoms with Crippen LogP contribution in [0.5, 0.6) is 0 Å². The van der Waals surface area contributed by atoms with Crippen molar-refractivity contribution in [3.8, 4) is 0 Å². The Balaban J connectivity index is 0.000000922. The molecule has 0 spiro atoms. The van der Waals surface area contributed by atoms with Crippen molar-refractivity contribution in [3.05, 3.63) is 58.7 Å². The normalized spacial score (nSPS) is 10.9. The molecule has 0 aliphatic rings. The molecular formula is C32H42CaO14S2. The molecule has 0 saturated heterocycles. The van der Waals surface area contributed by atoms with Gasteiger partial charge in [-0.05, 0) is 62.1 Å². The second-order valence-electron chi connectivity index (χ2n) is 10.3. The first-order chi connectivity index (χ1) is 22.6. The van der Waals surface area contributed by atoms with Gasteiger partial charge in [0, 0.05) is 0 Å². The standard InChI is InChI=1S/2C16H22O7S.Ca/c2*1-3-5-9-22-15(17)12-7-8-13(14(11-12)24(19,20)21)16(18)23-10-6-4-2;/h2*7-8,11H,3-6,9-10H2,1-2H3,(H,19,20,21);/q;;+2/p-2. The molecule has 0 aromatic heterocycles. The molecule has 17 heteroatoms. The van der Waals surface area contributed by atoms with E-state index in [-0.39, 0.29) is 86.4 Å². The Morgan fingerprint density at radius 2 is 0.776 bits per heavy atom. The number of esters is 4. The van der Waals surface area contributed by atoms with Crippen LogP contribution in [0.15, 0.2) is 46.2 Å². The Kier molecular flexibility index (Phi) is 22.5. The monoisotopic (exact) mass is 754 g/mol. The van der Waals surface area contributed by atoms with Crippen LogP contribution in [0, 0.1) is 0 Å². The summed E-state index contributed by atoms with van der Waals surface area (Å²) in [5.74, 6) is -3.33. The Morgan fingerprint density at radius 3 is 1.02 bits per heavy atom. The first-order valence-electron chi connectivity index (χ1n) is 15.5. The fourth-order valence-corrected chi connectivity index (χ4v) is 4.99. The predicted molar refractivity (Wildman–Crippen MR) is 175 cm³/mol. The number of benzene rings is 2. The minimum atomic E-state index is -4.95. The van der Waals surface area contributed by atoms with Crippen LogP contribution in [0.25, 0.3) is 0 Å². The van der Waals surface area contributed by atoms with Crippen molar-refractivity contribution in [2.45, 2.75) is 88.9 Å². The van der Waals surface area contributed by atoms with E-state index < -0.39 is 53.9 Å². The second kappa shape index (κ2) is 23.7. The van der Waals surface area contributed by atoms with Gasteiger partial charge in [-0.15, -0.1) is 0 Å². The second-order valence-corrected chi connectivity index (χ2v) is 13.0. The third kappa shape index (κ3) is 16.8. The van der Waals surface area contributed by atoms with Crippen LogP contribution in [-0.2, 0) is 39.2 Å². The van der Waals surface area contributed by atoms with E-state index in [1.54, 1.807) is 0 Å². The average molecular weight is 755 g/mol. The number of unbranched alkanes of at least 4 members (excludes halogenated alkanes) is 4. The number of hydrogen-bond acceptors (Lipinski definition) is 14. The fourth-order valence-electron chi connectivity index (χ4n) is 3.61. The van der Waals surface area contributed by atoms with Gasteiger partial charge >= 0.3 is 61.6 Å². The number of carbonyl (C=O) groups excluding carboxylic acids is 4. The first kappa shape index (κ1) is 46.4. The molecule has 0 atom stereocenters. The minimum Gasteiger partial charge on any atom is -0.744 e. The Labute approximate surface area is 317 Å². The van der Waals surface area contributed by atoms with E-state index in [2.05, 4.69) is 0 Å². The molecule has 0 heterocycles. The summed E-state index contributed by atoms with van der Waals surface area (Å²) < 4.78 is 88.2. The molecule has 2 rings (SSSR count). The number of carbonyl (C=O) groups is 4. The number of ether oxygens (including phenoxy) is 4. The van der Waals surface area contributed by atoms with Crippen molar-refractivity contribution in [1.29, 1.82) is 0 Å². The Morgan fingerprint density at radius 1 is 0.510 bits per heavy atom. The maximum Gasteiger partial charge on any atom is 2.00 e. The summed E-state index contributed by atoms with van der Waals surface area (Å²) in [5.41, 5.74) is -0.978. The molecule has 0 unspecified atom stereocenters. The molecule has 0 N–H and O–H groups in total. The predicted octanol–water partition coefficient (Wildman–Crippen LogP) is 4.63. The zero-order chi connectivity index (χ0) is 36.3. The van der Waals surface area contributed by atoms with Crippen LogP contribution in [0.1, 0.15) is 120 Å². The fraction of sp³-hybridized carbons (Fsp3) is 0.500. The Hall–Kier alpha value is -2.60. The van der Waals surface area contributed by atoms with E-state index in [9.17, 15) is 45.1 Å². The van der Waals surface area contributed by atoms with E-state index in [0.717, 1.165) is 49.9 Å². The third-order valence-corrected chi connectivity index (χ3v) is 8.09. The number of hydrogen-bond donors (Lipinski definition) is 0. The molecule has 0 saturated carbocycles. The summed E-state index contributed by atoms with van der Waals surface area (Å²) in [6, 6.07) is 6.36. The number of rotatable bonds is 18. The van der Waals surface area contributed by atoms with E-state index in [4.69, 9.17) is 18.9 Å². The van der Waals surface area contributed by atoms with Crippen LogP contribution in [-0.4, -0.2) is 114 Å². The average Bonchev–Trinajstić information content (AvgIpc) is 3.04. The minimum absolute atomic E-state index is 0. The van der Waals surface area contributed by atoms with Crippen LogP contribution < -0.4 is 0 Å². The van der Waals surface area contributed by atoms with E-state index in [1.165, 1.54) is 12.1 Å². The zero-order valence-corrected chi connectivity index (χ0v) is 32.0. The van der Waals surface area contributed by atoms with Crippen molar-refractivity contribution in [2.75, 3.05) is 26.4 Å². The molecule has 0 aliphatic heterocycles. The van der Waals surface area contributed by atoms with Gasteiger partial charge in [-0.2, -0.15) is 0 Å². The summed E-state index contributed by atoms with van der Waals surface area (Å²) in [4.78, 5) is 46.0. The van der Waals surface area contributed by atoms with Gasteiger partial charge in [0.15, 0.2) is 0 Å². The molecule has 2 aromatic rings. The largest absolute Gasteiger partial charge is 2.00 e. The quantitative estimate of drug-likeness (QED) is 0.0666. The molecule has 2 aromatic carbocycles. The van der Waals surface area contributed by atoms with Gasteiger partial charge in [0.25, 0.3) is 0 Å². The topological polar surface area (TPSA) is 220 Å². The van der Waals surface area contributed by atoms with E-state index in [0.29, 0.717) is 25.7 Å². The molecule has 49 heavy (non-hydrogen) atoms. The maximum atomic E-state index is 11.9. The van der Waals surface area contributed by atoms with Gasteiger partial charge in [-0.1, -0.05) is 53.4 Å². The van der Waals surface area contributed by atoms with Crippen molar-refractivity contribution in [2.24, 2.45) is 0 Å². The van der Waals surface area contributed by atoms with Crippen LogP contribution in [0.2, 0.25) is 0 Å². The molecular weight excluding hydrogens is 713 g/mol. The summed E-state index contributed by atoms with van der Waals surface area (Å²) in [7, 11) is -9.90. The summed E-state index contributed by atoms with van der Waals surface area (Å²) in [5, 5.41) is 0. The van der Waals surface area contributed by atoms with Gasteiger partial charge in [0.2, 0.25) is 0 Å². The van der Waals surface area contributed by atoms with Gasteiger partial charge in [-0.25, -0.2) is 36.0 Å². The Bertz CT molecular complexity index is 1490. The van der Waals surface area contributed by atoms with Crippen LogP contribution in [0.3, 0.4) is 0 Å². The van der Waals surface area contributed by atoms with Crippen molar-refractivity contribution in [1.82, 2.24) is 0 Å². The maximum absolute atomic E-state index is 11.9. The van der Waals surface area contributed by atoms with Crippen molar-refractivity contribution < 1.29 is 64.1 Å². The van der Waals surface area contributed by atoms with Gasteiger partial charge < -0.3 is 28.1 Å². The smallest absolute Gasteiger partial charge is 0.744 e. The molecule has 0 fully saturated rings. The van der Waals surface area contributed by atoms with Crippen molar-refractivity contribution >= 4 is 81.9 Å². The molecule has 0 radical (unpaired) electrons. The SMILES string of the molecule is CCCCOC(=O)c1ccc(C(=O)OCCCC)c(S(=O)(=O)[O-])c1.CCCCOC(=O)c1ccc(C(=O)OCCCC)c(S(=O)(=O)[O-])c1.[Ca+2]. The van der Waals surface area contributed by atoms with E-state index >= 15 is 0 Å². The van der Waals surface area contributed by atoms with E-state index in [1.807, 2.05) is 27.7 Å². The molecule has 0 amide bonds. The summed E-state index contributed by atoms with van der Waals surface area (Å²) in [6.45, 7) is 8.28. The van der Waals surface area contributed by atoms with Gasteiger partial charge in [0.05, 0.1) is 58.5 Å². The molecule has 268 valence electrons. The third-order valence-electron chi connectivity index (χ3n) is 6.34. The summed E-state index contributed by atoms with van der Waals surface area (Å²) >= 11 is 0. The summed E-state index contributed by atoms with van der Waals surface area (Å²) in [6.07, 6.45) is 5.82. The van der Waals surface area contributed by atoms with Gasteiger partial charge in [0.1, 0.15) is 20.2 Å². The zero-order valence-electron chi connectivity index (χ0n) is 28.2. The van der Waals surface area contributed by atoms with Crippen molar-refractivity contribution in [3.63, 3.8) is 0 Å². The molecule has 0 bridgehead atoms. The first-order valence-corrected chi connectivity index (χ1v) is 18.3. The molecule has 14 nitrogen and oxygen atoms in total. The molecule has 0 aliphatic carbocycles. The van der Waals surface area contributed by atoms with Gasteiger partial charge in [-0.3, -0.25) is 0 Å². The van der Waals surface area contributed by atoms with Crippen LogP contribution >= 0.6 is 0 Å². The van der Waals surface area contributed by atoms with Crippen LogP contribution in [0.4, 0.5) is 0 Å².